The summed E-state index contributed by atoms with van der Waals surface area (Å²) in [4.78, 5) is 40.2. The van der Waals surface area contributed by atoms with Gasteiger partial charge >= 0.3 is 6.03 Å². The van der Waals surface area contributed by atoms with E-state index in [1.807, 2.05) is 55.6 Å². The molecule has 142 valence electrons. The first-order chi connectivity index (χ1) is 13.1. The SMILES string of the molecule is CCN(C(=O)CN1C(=O)N[C@@H](CCSC)C1=O)c1cccc2ccccc12. The van der Waals surface area contributed by atoms with E-state index < -0.39 is 12.1 Å². The van der Waals surface area contributed by atoms with Gasteiger partial charge < -0.3 is 10.2 Å². The lowest BCUT2D eigenvalue weighted by Gasteiger charge is -2.24. The number of carbonyl (C=O) groups is 3. The Kier molecular flexibility index (Phi) is 6.01. The maximum atomic E-state index is 12.9. The highest BCUT2D eigenvalue weighted by atomic mass is 32.2. The molecule has 2 aromatic carbocycles. The fourth-order valence-corrected chi connectivity index (χ4v) is 3.77. The van der Waals surface area contributed by atoms with Crippen LogP contribution in [0.4, 0.5) is 10.5 Å². The third-order valence-corrected chi connectivity index (χ3v) is 5.33. The number of thioether (sulfide) groups is 1. The van der Waals surface area contributed by atoms with Crippen LogP contribution in [0.2, 0.25) is 0 Å². The molecule has 7 heteroatoms. The van der Waals surface area contributed by atoms with E-state index >= 15 is 0 Å². The van der Waals surface area contributed by atoms with Crippen molar-refractivity contribution in [2.75, 3.05) is 30.0 Å². The van der Waals surface area contributed by atoms with Gasteiger partial charge in [-0.3, -0.25) is 14.5 Å². The molecule has 27 heavy (non-hydrogen) atoms. The molecule has 0 bridgehead atoms. The maximum Gasteiger partial charge on any atom is 0.325 e. The second-order valence-electron chi connectivity index (χ2n) is 6.34. The minimum atomic E-state index is -0.537. The van der Waals surface area contributed by atoms with Crippen molar-refractivity contribution < 1.29 is 14.4 Å². The Morgan fingerprint density at radius 1 is 1.19 bits per heavy atom. The van der Waals surface area contributed by atoms with E-state index in [-0.39, 0.29) is 18.4 Å². The summed E-state index contributed by atoms with van der Waals surface area (Å²) in [7, 11) is 0. The minimum absolute atomic E-state index is 0.252. The van der Waals surface area contributed by atoms with E-state index in [2.05, 4.69) is 5.32 Å². The van der Waals surface area contributed by atoms with E-state index in [0.29, 0.717) is 13.0 Å². The normalized spacial score (nSPS) is 16.7. The largest absolute Gasteiger partial charge is 0.326 e. The summed E-state index contributed by atoms with van der Waals surface area (Å²) in [6, 6.07) is 12.6. The number of carbonyl (C=O) groups excluding carboxylic acids is 3. The smallest absolute Gasteiger partial charge is 0.325 e. The Labute approximate surface area is 162 Å². The van der Waals surface area contributed by atoms with Gasteiger partial charge in [-0.1, -0.05) is 36.4 Å². The number of urea groups is 1. The van der Waals surface area contributed by atoms with Crippen molar-refractivity contribution in [2.24, 2.45) is 0 Å². The molecule has 2 aromatic rings. The summed E-state index contributed by atoms with van der Waals surface area (Å²) in [6.07, 6.45) is 2.52. The van der Waals surface area contributed by atoms with Crippen LogP contribution in [0.1, 0.15) is 13.3 Å². The fourth-order valence-electron chi connectivity index (χ4n) is 3.30. The number of anilines is 1. The Morgan fingerprint density at radius 3 is 2.67 bits per heavy atom. The third-order valence-electron chi connectivity index (χ3n) is 4.69. The number of amides is 4. The highest BCUT2D eigenvalue weighted by Crippen LogP contribution is 2.27. The molecule has 1 atom stereocenters. The second kappa shape index (κ2) is 8.43. The number of hydrogen-bond acceptors (Lipinski definition) is 4. The molecule has 4 amide bonds. The van der Waals surface area contributed by atoms with E-state index in [4.69, 9.17) is 0 Å². The Hall–Kier alpha value is -2.54. The molecular formula is C20H23N3O3S. The number of rotatable bonds is 7. The van der Waals surface area contributed by atoms with Crippen LogP contribution in [-0.4, -0.2) is 53.9 Å². The molecular weight excluding hydrogens is 362 g/mol. The number of fused-ring (bicyclic) bond motifs is 1. The van der Waals surface area contributed by atoms with E-state index in [9.17, 15) is 14.4 Å². The number of nitrogens with one attached hydrogen (secondary N) is 1. The first-order valence-electron chi connectivity index (χ1n) is 8.95. The van der Waals surface area contributed by atoms with Crippen molar-refractivity contribution in [1.29, 1.82) is 0 Å². The summed E-state index contributed by atoms with van der Waals surface area (Å²) in [6.45, 7) is 2.08. The Balaban J connectivity index is 1.80. The van der Waals surface area contributed by atoms with Crippen LogP contribution in [0, 0.1) is 0 Å². The highest BCUT2D eigenvalue weighted by molar-refractivity contribution is 7.98. The van der Waals surface area contributed by atoms with E-state index in [1.54, 1.807) is 16.7 Å². The number of benzene rings is 2. The van der Waals surface area contributed by atoms with Gasteiger partial charge in [0.05, 0.1) is 5.69 Å². The number of hydrogen-bond donors (Lipinski definition) is 1. The molecule has 0 unspecified atom stereocenters. The van der Waals surface area contributed by atoms with Crippen LogP contribution in [0.15, 0.2) is 42.5 Å². The summed E-state index contributed by atoms with van der Waals surface area (Å²) in [5, 5.41) is 4.67. The van der Waals surface area contributed by atoms with Gasteiger partial charge in [0.15, 0.2) is 0 Å². The van der Waals surface area contributed by atoms with Gasteiger partial charge in [-0.05, 0) is 36.8 Å². The predicted molar refractivity (Wildman–Crippen MR) is 109 cm³/mol. The monoisotopic (exact) mass is 385 g/mol. The lowest BCUT2D eigenvalue weighted by atomic mass is 10.1. The number of likely N-dealkylation sites (N-methyl/N-ethyl adjacent to an activating group) is 1. The van der Waals surface area contributed by atoms with Crippen molar-refractivity contribution in [3.8, 4) is 0 Å². The Morgan fingerprint density at radius 2 is 1.93 bits per heavy atom. The average molecular weight is 385 g/mol. The third kappa shape index (κ3) is 3.93. The summed E-state index contributed by atoms with van der Waals surface area (Å²) in [5.41, 5.74) is 0.784. The summed E-state index contributed by atoms with van der Waals surface area (Å²) >= 11 is 1.62. The van der Waals surface area contributed by atoms with Gasteiger partial charge in [-0.2, -0.15) is 11.8 Å². The standard InChI is InChI=1S/C20H23N3O3S/c1-3-22(17-10-6-8-14-7-4-5-9-15(14)17)18(24)13-23-19(25)16(11-12-27-2)21-20(23)26/h4-10,16H,3,11-13H2,1-2H3,(H,21,26)/t16-/m0/s1. The van der Waals surface area contributed by atoms with Crippen LogP contribution >= 0.6 is 11.8 Å². The molecule has 1 aliphatic rings. The predicted octanol–water partition coefficient (Wildman–Crippen LogP) is 2.87. The van der Waals surface area contributed by atoms with E-state index in [0.717, 1.165) is 27.1 Å². The molecule has 6 nitrogen and oxygen atoms in total. The van der Waals surface area contributed by atoms with E-state index in [1.165, 1.54) is 0 Å². The van der Waals surface area contributed by atoms with Crippen LogP contribution in [0.5, 0.6) is 0 Å². The molecule has 1 N–H and O–H groups in total. The molecule has 1 heterocycles. The summed E-state index contributed by atoms with van der Waals surface area (Å²) < 4.78 is 0. The molecule has 0 spiro atoms. The van der Waals surface area contributed by atoms with Crippen LogP contribution < -0.4 is 10.2 Å². The number of nitrogens with zero attached hydrogens (tertiary/aromatic N) is 2. The van der Waals surface area contributed by atoms with Gasteiger partial charge in [0.2, 0.25) is 5.91 Å². The van der Waals surface area contributed by atoms with Crippen molar-refractivity contribution in [1.82, 2.24) is 10.2 Å². The first-order valence-corrected chi connectivity index (χ1v) is 10.3. The van der Waals surface area contributed by atoms with Crippen molar-refractivity contribution in [3.05, 3.63) is 42.5 Å². The topological polar surface area (TPSA) is 69.7 Å². The van der Waals surface area contributed by atoms with Gasteiger partial charge in [-0.15, -0.1) is 0 Å². The number of imide groups is 1. The van der Waals surface area contributed by atoms with Gasteiger partial charge in [0, 0.05) is 11.9 Å². The second-order valence-corrected chi connectivity index (χ2v) is 7.33. The quantitative estimate of drug-likeness (QED) is 0.744. The zero-order valence-electron chi connectivity index (χ0n) is 15.5. The first kappa shape index (κ1) is 19.2. The molecule has 1 aliphatic heterocycles. The lowest BCUT2D eigenvalue weighted by Crippen LogP contribution is -2.43. The van der Waals surface area contributed by atoms with Gasteiger partial charge in [0.1, 0.15) is 12.6 Å². The average Bonchev–Trinajstić information content (AvgIpc) is 2.94. The van der Waals surface area contributed by atoms with Crippen molar-refractivity contribution in [2.45, 2.75) is 19.4 Å². The molecule has 0 aromatic heterocycles. The Bertz CT molecular complexity index is 865. The van der Waals surface area contributed by atoms with Gasteiger partial charge in [0.25, 0.3) is 5.91 Å². The zero-order chi connectivity index (χ0) is 19.4. The van der Waals surface area contributed by atoms with Crippen molar-refractivity contribution >= 4 is 46.1 Å². The van der Waals surface area contributed by atoms with Gasteiger partial charge in [-0.25, -0.2) is 4.79 Å². The lowest BCUT2D eigenvalue weighted by molar-refractivity contribution is -0.131. The van der Waals surface area contributed by atoms with Crippen LogP contribution in [0.25, 0.3) is 10.8 Å². The minimum Gasteiger partial charge on any atom is -0.326 e. The molecule has 0 saturated carbocycles. The van der Waals surface area contributed by atoms with Crippen molar-refractivity contribution in [3.63, 3.8) is 0 Å². The fraction of sp³-hybridized carbons (Fsp3) is 0.350. The molecule has 1 saturated heterocycles. The summed E-state index contributed by atoms with van der Waals surface area (Å²) in [5.74, 6) is 0.175. The van der Waals surface area contributed by atoms with Crippen LogP contribution in [0.3, 0.4) is 0 Å². The molecule has 1 fully saturated rings. The highest BCUT2D eigenvalue weighted by Gasteiger charge is 2.39. The maximum absolute atomic E-state index is 12.9. The molecule has 0 aliphatic carbocycles. The zero-order valence-corrected chi connectivity index (χ0v) is 16.3. The molecule has 3 rings (SSSR count). The molecule has 0 radical (unpaired) electrons. The van der Waals surface area contributed by atoms with Crippen LogP contribution in [-0.2, 0) is 9.59 Å².